The van der Waals surface area contributed by atoms with Gasteiger partial charge in [0.1, 0.15) is 0 Å². The number of hydrogen-bond acceptors (Lipinski definition) is 0. The molecule has 0 saturated heterocycles. The van der Waals surface area contributed by atoms with E-state index in [9.17, 15) is 26.3 Å². The zero-order valence-electron chi connectivity index (χ0n) is 6.88. The molecule has 0 unspecified atom stereocenters. The number of halogens is 7. The molecule has 0 aliphatic rings. The van der Waals surface area contributed by atoms with E-state index in [0.29, 0.717) is 0 Å². The van der Waals surface area contributed by atoms with E-state index in [0.717, 1.165) is 0 Å². The van der Waals surface area contributed by atoms with Crippen LogP contribution in [0.3, 0.4) is 0 Å². The summed E-state index contributed by atoms with van der Waals surface area (Å²) in [7, 11) is 0. The molecule has 0 saturated carbocycles. The largest absolute Gasteiger partial charge is 0.416 e. The molecule has 0 aromatic heterocycles. The third-order valence-electron chi connectivity index (χ3n) is 1.62. The Labute approximate surface area is 85.5 Å². The predicted molar refractivity (Wildman–Crippen MR) is 41.4 cm³/mol. The Bertz CT molecular complexity index is 370. The van der Waals surface area contributed by atoms with E-state index >= 15 is 0 Å². The van der Waals surface area contributed by atoms with Gasteiger partial charge in [-0.25, -0.2) is 13.2 Å². The van der Waals surface area contributed by atoms with Crippen LogP contribution in [0.15, 0.2) is 12.1 Å². The molecular formula is C8H3ClF6. The van der Waals surface area contributed by atoms with E-state index in [-0.39, 0.29) is 12.1 Å². The summed E-state index contributed by atoms with van der Waals surface area (Å²) in [6.07, 6.45) is -8.18. The Kier molecular flexibility index (Phi) is 3.18. The lowest BCUT2D eigenvalue weighted by Crippen LogP contribution is -2.07. The second-order valence-corrected chi connectivity index (χ2v) is 3.07. The highest BCUT2D eigenvalue weighted by atomic mass is 35.5. The smallest absolute Gasteiger partial charge is 0.205 e. The number of rotatable bonds is 1. The molecule has 15 heavy (non-hydrogen) atoms. The van der Waals surface area contributed by atoms with Crippen molar-refractivity contribution in [2.24, 2.45) is 0 Å². The summed E-state index contributed by atoms with van der Waals surface area (Å²) in [5.74, 6) is -1.53. The summed E-state index contributed by atoms with van der Waals surface area (Å²) < 4.78 is 73.4. The van der Waals surface area contributed by atoms with Crippen LogP contribution < -0.4 is 0 Å². The van der Waals surface area contributed by atoms with Crippen LogP contribution in [0.4, 0.5) is 26.3 Å². The van der Waals surface area contributed by atoms with Crippen molar-refractivity contribution >= 4 is 11.6 Å². The van der Waals surface area contributed by atoms with Gasteiger partial charge in [0.25, 0.3) is 6.43 Å². The molecule has 1 aromatic rings. The fourth-order valence-electron chi connectivity index (χ4n) is 0.933. The minimum Gasteiger partial charge on any atom is -0.205 e. The van der Waals surface area contributed by atoms with Gasteiger partial charge in [-0.2, -0.15) is 13.2 Å². The van der Waals surface area contributed by atoms with Crippen molar-refractivity contribution in [1.82, 2.24) is 0 Å². The van der Waals surface area contributed by atoms with E-state index < -0.39 is 34.6 Å². The van der Waals surface area contributed by atoms with Crippen LogP contribution in [0.1, 0.15) is 17.6 Å². The lowest BCUT2D eigenvalue weighted by atomic mass is 10.1. The van der Waals surface area contributed by atoms with Gasteiger partial charge in [0, 0.05) is 0 Å². The highest BCUT2D eigenvalue weighted by Crippen LogP contribution is 2.36. The molecule has 84 valence electrons. The molecule has 0 nitrogen and oxygen atoms in total. The van der Waals surface area contributed by atoms with Crippen molar-refractivity contribution in [2.45, 2.75) is 12.6 Å². The summed E-state index contributed by atoms with van der Waals surface area (Å²) >= 11 is 5.06. The maximum Gasteiger partial charge on any atom is 0.416 e. The van der Waals surface area contributed by atoms with Crippen molar-refractivity contribution < 1.29 is 26.3 Å². The van der Waals surface area contributed by atoms with Gasteiger partial charge in [-0.05, 0) is 12.1 Å². The maximum atomic E-state index is 12.8. The summed E-state index contributed by atoms with van der Waals surface area (Å²) in [6.45, 7) is 0. The second-order valence-electron chi connectivity index (χ2n) is 2.66. The van der Waals surface area contributed by atoms with Crippen molar-refractivity contribution in [3.05, 3.63) is 34.1 Å². The van der Waals surface area contributed by atoms with E-state index in [1.807, 2.05) is 0 Å². The van der Waals surface area contributed by atoms with Crippen molar-refractivity contribution in [3.63, 3.8) is 0 Å². The molecule has 0 atom stereocenters. The van der Waals surface area contributed by atoms with Crippen LogP contribution >= 0.6 is 11.6 Å². The molecule has 0 heterocycles. The van der Waals surface area contributed by atoms with Crippen LogP contribution in [0.25, 0.3) is 0 Å². The average molecular weight is 249 g/mol. The summed E-state index contributed by atoms with van der Waals surface area (Å²) in [6, 6.07) is 0.314. The van der Waals surface area contributed by atoms with Gasteiger partial charge in [0.2, 0.25) is 0 Å². The predicted octanol–water partition coefficient (Wildman–Crippen LogP) is 4.44. The Morgan fingerprint density at radius 3 is 2.07 bits per heavy atom. The van der Waals surface area contributed by atoms with Gasteiger partial charge in [-0.1, -0.05) is 11.6 Å². The topological polar surface area (TPSA) is 0 Å². The first-order chi connectivity index (χ1) is 6.73. The number of alkyl halides is 5. The van der Waals surface area contributed by atoms with Gasteiger partial charge < -0.3 is 0 Å². The van der Waals surface area contributed by atoms with E-state index in [1.165, 1.54) is 0 Å². The van der Waals surface area contributed by atoms with Gasteiger partial charge in [0.05, 0.1) is 16.1 Å². The molecule has 0 aliphatic heterocycles. The molecule has 0 N–H and O–H groups in total. The average Bonchev–Trinajstić information content (AvgIpc) is 2.06. The standard InChI is InChI=1S/C8H3ClF6/c9-5-2-3(8(13,14)15)1-4(6(5)10)7(11)12/h1-2,7H. The fraction of sp³-hybridized carbons (Fsp3) is 0.250. The Morgan fingerprint density at radius 1 is 1.13 bits per heavy atom. The molecule has 0 aliphatic carbocycles. The number of hydrogen-bond donors (Lipinski definition) is 0. The molecule has 0 radical (unpaired) electrons. The highest BCUT2D eigenvalue weighted by Gasteiger charge is 2.33. The zero-order valence-corrected chi connectivity index (χ0v) is 7.63. The van der Waals surface area contributed by atoms with Crippen LogP contribution in [-0.4, -0.2) is 0 Å². The minimum atomic E-state index is -4.83. The Morgan fingerprint density at radius 2 is 1.67 bits per heavy atom. The van der Waals surface area contributed by atoms with Gasteiger partial charge in [-0.3, -0.25) is 0 Å². The van der Waals surface area contributed by atoms with Crippen LogP contribution in [0, 0.1) is 5.82 Å². The molecule has 1 aromatic carbocycles. The van der Waals surface area contributed by atoms with E-state index in [4.69, 9.17) is 11.6 Å². The third kappa shape index (κ3) is 2.56. The fourth-order valence-corrected chi connectivity index (χ4v) is 1.16. The Balaban J connectivity index is 3.36. The molecule has 0 amide bonds. The van der Waals surface area contributed by atoms with Crippen LogP contribution in [0.5, 0.6) is 0 Å². The first kappa shape index (κ1) is 12.2. The quantitative estimate of drug-likeness (QED) is 0.645. The Hall–Kier alpha value is -0.910. The minimum absolute atomic E-state index is 0.0475. The monoisotopic (exact) mass is 248 g/mol. The normalized spacial score (nSPS) is 12.3. The van der Waals surface area contributed by atoms with Gasteiger partial charge >= 0.3 is 6.18 Å². The maximum absolute atomic E-state index is 12.8. The van der Waals surface area contributed by atoms with Crippen LogP contribution in [0.2, 0.25) is 5.02 Å². The molecular weight excluding hydrogens is 246 g/mol. The first-order valence-electron chi connectivity index (χ1n) is 3.57. The summed E-state index contributed by atoms with van der Waals surface area (Å²) in [5, 5.41) is -0.972. The van der Waals surface area contributed by atoms with E-state index in [2.05, 4.69) is 0 Å². The second kappa shape index (κ2) is 3.92. The molecule has 0 fully saturated rings. The number of benzene rings is 1. The lowest BCUT2D eigenvalue weighted by Gasteiger charge is -2.10. The van der Waals surface area contributed by atoms with Crippen molar-refractivity contribution in [3.8, 4) is 0 Å². The van der Waals surface area contributed by atoms with Crippen LogP contribution in [-0.2, 0) is 6.18 Å². The zero-order chi connectivity index (χ0) is 11.8. The SMILES string of the molecule is Fc1c(Cl)cc(C(F)(F)F)cc1C(F)F. The van der Waals surface area contributed by atoms with Crippen molar-refractivity contribution in [2.75, 3.05) is 0 Å². The summed E-state index contributed by atoms with van der Waals surface area (Å²) in [5.41, 5.74) is -2.75. The highest BCUT2D eigenvalue weighted by molar-refractivity contribution is 6.30. The first-order valence-corrected chi connectivity index (χ1v) is 3.95. The van der Waals surface area contributed by atoms with E-state index in [1.54, 1.807) is 0 Å². The lowest BCUT2D eigenvalue weighted by molar-refractivity contribution is -0.137. The van der Waals surface area contributed by atoms with Crippen molar-refractivity contribution in [1.29, 1.82) is 0 Å². The molecule has 7 heteroatoms. The molecule has 1 rings (SSSR count). The molecule has 0 bridgehead atoms. The van der Waals surface area contributed by atoms with Gasteiger partial charge in [0.15, 0.2) is 5.82 Å². The molecule has 0 spiro atoms. The third-order valence-corrected chi connectivity index (χ3v) is 1.89. The van der Waals surface area contributed by atoms with Gasteiger partial charge in [-0.15, -0.1) is 0 Å². The summed E-state index contributed by atoms with van der Waals surface area (Å²) in [4.78, 5) is 0.